The summed E-state index contributed by atoms with van der Waals surface area (Å²) in [7, 11) is 0. The minimum absolute atomic E-state index is 0.191. The highest BCUT2D eigenvalue weighted by molar-refractivity contribution is 7.99. The number of hydrogen-bond acceptors (Lipinski definition) is 6. The lowest BCUT2D eigenvalue weighted by atomic mass is 10.1. The van der Waals surface area contributed by atoms with Gasteiger partial charge in [0.05, 0.1) is 24.5 Å². The summed E-state index contributed by atoms with van der Waals surface area (Å²) in [5.41, 5.74) is 5.73. The van der Waals surface area contributed by atoms with Crippen molar-refractivity contribution >= 4 is 41.1 Å². The number of hydrogen-bond donors (Lipinski definition) is 2. The molecule has 0 aromatic heterocycles. The number of hydrazone groups is 1. The fraction of sp³-hybridized carbons (Fsp3) is 0.448. The van der Waals surface area contributed by atoms with Gasteiger partial charge < -0.3 is 19.6 Å². The molecule has 0 radical (unpaired) electrons. The van der Waals surface area contributed by atoms with Crippen molar-refractivity contribution < 1.29 is 24.2 Å². The summed E-state index contributed by atoms with van der Waals surface area (Å²) in [5, 5.41) is 13.4. The molecule has 39 heavy (non-hydrogen) atoms. The summed E-state index contributed by atoms with van der Waals surface area (Å²) < 4.78 is 5.31. The van der Waals surface area contributed by atoms with E-state index < -0.39 is 5.97 Å². The van der Waals surface area contributed by atoms with Gasteiger partial charge in [0.1, 0.15) is 0 Å². The molecule has 0 saturated carbocycles. The summed E-state index contributed by atoms with van der Waals surface area (Å²) in [6.07, 6.45) is 6.26. The molecule has 2 aromatic rings. The molecule has 9 nitrogen and oxygen atoms in total. The number of carboxylic acids is 1. The molecule has 0 spiro atoms. The lowest BCUT2D eigenvalue weighted by molar-refractivity contribution is -0.112. The number of nitrogens with one attached hydrogen (secondary N) is 1. The second kappa shape index (κ2) is 14.1. The zero-order valence-corrected chi connectivity index (χ0v) is 23.2. The number of nitrogens with zero attached hydrogens (tertiary/aromatic N) is 3. The number of unbranched alkanes of at least 4 members (excludes halogenated alkanes) is 4. The van der Waals surface area contributed by atoms with E-state index in [0.717, 1.165) is 53.1 Å². The van der Waals surface area contributed by atoms with E-state index in [1.54, 1.807) is 33.7 Å². The summed E-state index contributed by atoms with van der Waals surface area (Å²) in [5.74, 6) is -0.332. The predicted octanol–water partition coefficient (Wildman–Crippen LogP) is 4.78. The first-order valence-electron chi connectivity index (χ1n) is 13.6. The van der Waals surface area contributed by atoms with Gasteiger partial charge in [0.15, 0.2) is 5.71 Å². The van der Waals surface area contributed by atoms with Crippen LogP contribution >= 0.6 is 11.8 Å². The Kier molecular flexibility index (Phi) is 10.4. The normalized spacial score (nSPS) is 16.0. The van der Waals surface area contributed by atoms with E-state index in [2.05, 4.69) is 17.5 Å². The van der Waals surface area contributed by atoms with E-state index in [1.165, 1.54) is 12.8 Å². The molecule has 2 aromatic carbocycles. The SMILES string of the molecule is CCCCCCCN1C(=O)/C(=N\NC(=O)N2CCOCC2)c2cc(SCCc3ccc(C(=O)O)cc3)ccc21. The summed E-state index contributed by atoms with van der Waals surface area (Å²) in [6.45, 7) is 4.75. The van der Waals surface area contributed by atoms with Crippen LogP contribution in [0.4, 0.5) is 10.5 Å². The quantitative estimate of drug-likeness (QED) is 0.223. The van der Waals surface area contributed by atoms with Crippen molar-refractivity contribution in [2.75, 3.05) is 43.5 Å². The maximum atomic E-state index is 13.4. The first-order valence-corrected chi connectivity index (χ1v) is 14.6. The zero-order valence-electron chi connectivity index (χ0n) is 22.4. The molecule has 4 rings (SSSR count). The van der Waals surface area contributed by atoms with Gasteiger partial charge in [-0.25, -0.2) is 15.0 Å². The number of urea groups is 1. The topological polar surface area (TPSA) is 112 Å². The van der Waals surface area contributed by atoms with E-state index in [0.29, 0.717) is 32.8 Å². The van der Waals surface area contributed by atoms with Crippen molar-refractivity contribution in [3.8, 4) is 0 Å². The molecule has 2 aliphatic rings. The summed E-state index contributed by atoms with van der Waals surface area (Å²) in [4.78, 5) is 41.5. The van der Waals surface area contributed by atoms with Gasteiger partial charge in [0.25, 0.3) is 5.91 Å². The van der Waals surface area contributed by atoms with E-state index >= 15 is 0 Å². The molecular formula is C29H36N4O5S. The molecule has 208 valence electrons. The second-order valence-corrected chi connectivity index (χ2v) is 10.8. The number of carbonyl (C=O) groups is 3. The van der Waals surface area contributed by atoms with E-state index in [4.69, 9.17) is 9.84 Å². The number of thioether (sulfide) groups is 1. The van der Waals surface area contributed by atoms with Crippen LogP contribution in [0.5, 0.6) is 0 Å². The van der Waals surface area contributed by atoms with Crippen molar-refractivity contribution in [1.82, 2.24) is 10.3 Å². The van der Waals surface area contributed by atoms with Crippen molar-refractivity contribution in [3.63, 3.8) is 0 Å². The first-order chi connectivity index (χ1) is 19.0. The zero-order chi connectivity index (χ0) is 27.6. The van der Waals surface area contributed by atoms with Gasteiger partial charge in [-0.1, -0.05) is 44.7 Å². The first kappa shape index (κ1) is 28.6. The highest BCUT2D eigenvalue weighted by atomic mass is 32.2. The number of fused-ring (bicyclic) bond motifs is 1. The van der Waals surface area contributed by atoms with Crippen LogP contribution in [0.15, 0.2) is 52.5 Å². The molecule has 0 unspecified atom stereocenters. The van der Waals surface area contributed by atoms with E-state index in [9.17, 15) is 14.4 Å². The molecule has 0 aliphatic carbocycles. The van der Waals surface area contributed by atoms with E-state index in [-0.39, 0.29) is 23.2 Å². The summed E-state index contributed by atoms with van der Waals surface area (Å²) >= 11 is 1.66. The smallest absolute Gasteiger partial charge is 0.337 e. The number of carbonyl (C=O) groups excluding carboxylic acids is 2. The Labute approximate surface area is 233 Å². The average molecular weight is 553 g/mol. The third-order valence-corrected chi connectivity index (χ3v) is 7.86. The molecule has 3 amide bonds. The standard InChI is InChI=1S/C29H36N4O5S/c1-2-3-4-5-6-14-33-25-12-11-23(39-19-13-21-7-9-22(10-8-21)28(35)36)20-24(25)26(27(33)34)30-31-29(37)32-15-17-38-18-16-32/h7-12,20H,2-6,13-19H2,1H3,(H,31,37)(H,35,36)/b30-26-. The number of benzene rings is 2. The van der Waals surface area contributed by atoms with Gasteiger partial charge in [-0.05, 0) is 48.7 Å². The molecule has 0 bridgehead atoms. The Morgan fingerprint density at radius 2 is 1.79 bits per heavy atom. The molecule has 2 N–H and O–H groups in total. The van der Waals surface area contributed by atoms with Crippen molar-refractivity contribution in [2.24, 2.45) is 5.10 Å². The van der Waals surface area contributed by atoms with Gasteiger partial charge in [-0.2, -0.15) is 5.10 Å². The van der Waals surface area contributed by atoms with Gasteiger partial charge in [0.2, 0.25) is 0 Å². The lowest BCUT2D eigenvalue weighted by Crippen LogP contribution is -2.45. The van der Waals surface area contributed by atoms with Crippen LogP contribution < -0.4 is 10.3 Å². The number of amides is 3. The van der Waals surface area contributed by atoms with Crippen LogP contribution in [0.1, 0.15) is 60.5 Å². The van der Waals surface area contributed by atoms with Crippen molar-refractivity contribution in [1.29, 1.82) is 0 Å². The Hall–Kier alpha value is -3.37. The maximum Gasteiger partial charge on any atom is 0.337 e. The van der Waals surface area contributed by atoms with Gasteiger partial charge in [-0.3, -0.25) is 4.79 Å². The molecule has 1 fully saturated rings. The van der Waals surface area contributed by atoms with Crippen molar-refractivity contribution in [2.45, 2.75) is 50.3 Å². The van der Waals surface area contributed by atoms with Gasteiger partial charge >= 0.3 is 12.0 Å². The molecule has 0 atom stereocenters. The molecular weight excluding hydrogens is 516 g/mol. The number of rotatable bonds is 12. The monoisotopic (exact) mass is 552 g/mol. The molecule has 10 heteroatoms. The predicted molar refractivity (Wildman–Crippen MR) is 153 cm³/mol. The Morgan fingerprint density at radius 1 is 1.05 bits per heavy atom. The van der Waals surface area contributed by atoms with Crippen LogP contribution in [-0.2, 0) is 16.0 Å². The Morgan fingerprint density at radius 3 is 2.51 bits per heavy atom. The Balaban J connectivity index is 1.45. The van der Waals surface area contributed by atoms with E-state index in [1.807, 2.05) is 30.3 Å². The number of morpholine rings is 1. The van der Waals surface area contributed by atoms with Crippen LogP contribution in [-0.4, -0.2) is 72.2 Å². The number of aromatic carboxylic acids is 1. The minimum atomic E-state index is -0.933. The largest absolute Gasteiger partial charge is 0.478 e. The maximum absolute atomic E-state index is 13.4. The number of ether oxygens (including phenoxy) is 1. The minimum Gasteiger partial charge on any atom is -0.478 e. The van der Waals surface area contributed by atoms with Crippen molar-refractivity contribution in [3.05, 3.63) is 59.2 Å². The average Bonchev–Trinajstić information content (AvgIpc) is 3.22. The van der Waals surface area contributed by atoms with Gasteiger partial charge in [0, 0.05) is 35.8 Å². The lowest BCUT2D eigenvalue weighted by Gasteiger charge is -2.25. The Bertz CT molecular complexity index is 1190. The highest BCUT2D eigenvalue weighted by Crippen LogP contribution is 2.33. The third-order valence-electron chi connectivity index (χ3n) is 6.87. The number of aryl methyl sites for hydroxylation is 1. The summed E-state index contributed by atoms with van der Waals surface area (Å²) in [6, 6.07) is 12.5. The number of carboxylic acid groups (broad SMARTS) is 1. The molecule has 1 saturated heterocycles. The number of anilines is 1. The second-order valence-electron chi connectivity index (χ2n) is 9.63. The van der Waals surface area contributed by atoms with Crippen LogP contribution in [0.25, 0.3) is 0 Å². The molecule has 2 heterocycles. The fourth-order valence-electron chi connectivity index (χ4n) is 4.63. The third kappa shape index (κ3) is 7.60. The van der Waals surface area contributed by atoms with Crippen LogP contribution in [0.2, 0.25) is 0 Å². The van der Waals surface area contributed by atoms with Crippen LogP contribution in [0, 0.1) is 0 Å². The molecule has 2 aliphatic heterocycles. The fourth-order valence-corrected chi connectivity index (χ4v) is 5.57. The highest BCUT2D eigenvalue weighted by Gasteiger charge is 2.34. The van der Waals surface area contributed by atoms with Crippen LogP contribution in [0.3, 0.4) is 0 Å². The van der Waals surface area contributed by atoms with Gasteiger partial charge in [-0.15, -0.1) is 11.8 Å².